The average molecular weight is 217 g/mol. The molecule has 0 aliphatic carbocycles. The van der Waals surface area contributed by atoms with E-state index >= 15 is 0 Å². The van der Waals surface area contributed by atoms with Crippen LogP contribution in [0.4, 0.5) is 4.79 Å². The van der Waals surface area contributed by atoms with Crippen molar-refractivity contribution >= 4 is 12.1 Å². The van der Waals surface area contributed by atoms with Gasteiger partial charge < -0.3 is 9.47 Å². The number of hydrogen-bond donors (Lipinski definition) is 1. The monoisotopic (exact) mass is 217 g/mol. The lowest BCUT2D eigenvalue weighted by Crippen LogP contribution is -2.27. The number of nitrogens with zero attached hydrogens (tertiary/aromatic N) is 1. The number of hydrogen-bond acceptors (Lipinski definition) is 6. The molecule has 0 radical (unpaired) electrons. The summed E-state index contributed by atoms with van der Waals surface area (Å²) in [5.74, 6) is -0.830. The summed E-state index contributed by atoms with van der Waals surface area (Å²) in [6.07, 6.45) is 0.809. The zero-order chi connectivity index (χ0) is 11.7. The highest BCUT2D eigenvalue weighted by molar-refractivity contribution is 5.85. The van der Waals surface area contributed by atoms with Crippen LogP contribution in [0, 0.1) is 0 Å². The van der Waals surface area contributed by atoms with Crippen LogP contribution in [0.1, 0.15) is 0 Å². The van der Waals surface area contributed by atoms with Gasteiger partial charge in [0.05, 0.1) is 6.26 Å². The maximum Gasteiger partial charge on any atom is 0.513 e. The Balaban J connectivity index is 3.53. The zero-order valence-electron chi connectivity index (χ0n) is 7.92. The van der Waals surface area contributed by atoms with Gasteiger partial charge in [-0.05, 0) is 0 Å². The summed E-state index contributed by atoms with van der Waals surface area (Å²) < 4.78 is 8.62. The minimum Gasteiger partial charge on any atom is -0.431 e. The van der Waals surface area contributed by atoms with Gasteiger partial charge in [0, 0.05) is 6.08 Å². The topological polar surface area (TPSA) is 85.3 Å². The highest BCUT2D eigenvalue weighted by atomic mass is 16.9. The van der Waals surface area contributed by atoms with Gasteiger partial charge >= 0.3 is 6.16 Å². The van der Waals surface area contributed by atoms with E-state index in [2.05, 4.69) is 27.5 Å². The van der Waals surface area contributed by atoms with E-state index in [4.69, 9.17) is 5.21 Å². The molecule has 7 nitrogen and oxygen atoms in total. The Hall–Kier alpha value is -1.86. The van der Waals surface area contributed by atoms with Crippen LogP contribution in [0.3, 0.4) is 0 Å². The second kappa shape index (κ2) is 7.54. The fourth-order valence-electron chi connectivity index (χ4n) is 0.493. The summed E-state index contributed by atoms with van der Waals surface area (Å²) in [5, 5.41) is 8.77. The zero-order valence-corrected chi connectivity index (χ0v) is 7.92. The third-order valence-electron chi connectivity index (χ3n) is 1.06. The minimum absolute atomic E-state index is 0.0187. The fraction of sp³-hybridized carbons (Fsp3) is 0.250. The smallest absolute Gasteiger partial charge is 0.431 e. The van der Waals surface area contributed by atoms with Crippen molar-refractivity contribution in [3.63, 3.8) is 0 Å². The van der Waals surface area contributed by atoms with Crippen molar-refractivity contribution in [2.24, 2.45) is 0 Å². The van der Waals surface area contributed by atoms with Crippen LogP contribution in [0.15, 0.2) is 25.5 Å². The molecule has 0 saturated heterocycles. The lowest BCUT2D eigenvalue weighted by Gasteiger charge is -2.11. The number of carbonyl (C=O) groups excluding carboxylic acids is 2. The van der Waals surface area contributed by atoms with Gasteiger partial charge in [-0.3, -0.25) is 10.0 Å². The molecule has 0 spiro atoms. The molecule has 7 heteroatoms. The van der Waals surface area contributed by atoms with E-state index in [1.807, 2.05) is 0 Å². The number of carbonyl (C=O) groups is 2. The molecule has 1 amide bonds. The van der Waals surface area contributed by atoms with Crippen LogP contribution < -0.4 is 0 Å². The molecule has 0 heterocycles. The summed E-state index contributed by atoms with van der Waals surface area (Å²) in [4.78, 5) is 25.6. The lowest BCUT2D eigenvalue weighted by atomic mass is 10.6. The van der Waals surface area contributed by atoms with Crippen molar-refractivity contribution in [2.45, 2.75) is 0 Å². The molecule has 0 aromatic heterocycles. The van der Waals surface area contributed by atoms with Gasteiger partial charge in [-0.15, -0.1) is 0 Å². The molecule has 0 aromatic rings. The van der Waals surface area contributed by atoms with Gasteiger partial charge in [-0.2, -0.15) is 0 Å². The molecule has 0 bridgehead atoms. The first-order valence-corrected chi connectivity index (χ1v) is 3.84. The van der Waals surface area contributed by atoms with Crippen LogP contribution in [0.25, 0.3) is 0 Å². The Morgan fingerprint density at radius 2 is 2.00 bits per heavy atom. The second-order valence-corrected chi connectivity index (χ2v) is 2.03. The molecule has 15 heavy (non-hydrogen) atoms. The molecule has 0 aliphatic heterocycles. The summed E-state index contributed by atoms with van der Waals surface area (Å²) in [5.41, 5.74) is 0. The van der Waals surface area contributed by atoms with Crippen molar-refractivity contribution in [3.05, 3.63) is 25.5 Å². The summed E-state index contributed by atoms with van der Waals surface area (Å²) in [7, 11) is 0. The Morgan fingerprint density at radius 1 is 1.33 bits per heavy atom. The first-order valence-electron chi connectivity index (χ1n) is 3.84. The first-order chi connectivity index (χ1) is 7.11. The predicted molar refractivity (Wildman–Crippen MR) is 47.4 cm³/mol. The van der Waals surface area contributed by atoms with Crippen molar-refractivity contribution in [2.75, 3.05) is 13.2 Å². The SMILES string of the molecule is C=COC(=O)OCCON(O)C(=O)C=C. The third kappa shape index (κ3) is 6.24. The molecular weight excluding hydrogens is 206 g/mol. The van der Waals surface area contributed by atoms with Crippen LogP contribution in [0.2, 0.25) is 0 Å². The first kappa shape index (κ1) is 13.1. The Morgan fingerprint density at radius 3 is 2.53 bits per heavy atom. The molecular formula is C8H11NO6. The third-order valence-corrected chi connectivity index (χ3v) is 1.06. The van der Waals surface area contributed by atoms with Crippen LogP contribution in [-0.4, -0.2) is 35.7 Å². The van der Waals surface area contributed by atoms with Gasteiger partial charge in [0.25, 0.3) is 5.91 Å². The summed E-state index contributed by atoms with van der Waals surface area (Å²) >= 11 is 0. The predicted octanol–water partition coefficient (Wildman–Crippen LogP) is 0.618. The van der Waals surface area contributed by atoms with E-state index in [-0.39, 0.29) is 18.4 Å². The van der Waals surface area contributed by atoms with E-state index in [9.17, 15) is 9.59 Å². The lowest BCUT2D eigenvalue weighted by molar-refractivity contribution is -0.313. The molecule has 1 N–H and O–H groups in total. The Kier molecular flexibility index (Phi) is 6.60. The molecule has 0 unspecified atom stereocenters. The van der Waals surface area contributed by atoms with Crippen LogP contribution in [0.5, 0.6) is 0 Å². The highest BCUT2D eigenvalue weighted by Crippen LogP contribution is 1.90. The van der Waals surface area contributed by atoms with Crippen molar-refractivity contribution in [3.8, 4) is 0 Å². The summed E-state index contributed by atoms with van der Waals surface area (Å²) in [6, 6.07) is 0. The molecule has 0 fully saturated rings. The number of rotatable bonds is 6. The van der Waals surface area contributed by atoms with E-state index in [0.29, 0.717) is 0 Å². The molecule has 0 atom stereocenters. The molecule has 0 saturated carbocycles. The van der Waals surface area contributed by atoms with Crippen LogP contribution in [-0.2, 0) is 19.1 Å². The molecule has 0 aromatic carbocycles. The van der Waals surface area contributed by atoms with E-state index in [1.165, 1.54) is 0 Å². The Labute approximate surface area is 86.0 Å². The number of hydroxylamine groups is 2. The van der Waals surface area contributed by atoms with Crippen molar-refractivity contribution in [1.82, 2.24) is 5.23 Å². The van der Waals surface area contributed by atoms with Gasteiger partial charge in [0.15, 0.2) is 0 Å². The van der Waals surface area contributed by atoms with E-state index in [1.54, 1.807) is 0 Å². The summed E-state index contributed by atoms with van der Waals surface area (Å²) in [6.45, 7) is 5.86. The van der Waals surface area contributed by atoms with Gasteiger partial charge in [-0.1, -0.05) is 18.4 Å². The number of amides is 1. The average Bonchev–Trinajstić information content (AvgIpc) is 2.23. The fourth-order valence-corrected chi connectivity index (χ4v) is 0.493. The van der Waals surface area contributed by atoms with E-state index < -0.39 is 12.1 Å². The second-order valence-electron chi connectivity index (χ2n) is 2.03. The maximum absolute atomic E-state index is 10.6. The quantitative estimate of drug-likeness (QED) is 0.175. The number of ether oxygens (including phenoxy) is 2. The van der Waals surface area contributed by atoms with Gasteiger partial charge in [0.1, 0.15) is 13.2 Å². The van der Waals surface area contributed by atoms with Crippen molar-refractivity contribution < 1.29 is 29.1 Å². The Bertz CT molecular complexity index is 252. The maximum atomic E-state index is 10.6. The molecule has 0 rings (SSSR count). The normalized spacial score (nSPS) is 8.87. The standard InChI is InChI=1S/C8H11NO6/c1-3-7(10)9(12)15-6-5-14-8(11)13-4-2/h3-4,12H,1-2,5-6H2. The van der Waals surface area contributed by atoms with E-state index in [0.717, 1.165) is 12.3 Å². The van der Waals surface area contributed by atoms with Crippen molar-refractivity contribution in [1.29, 1.82) is 0 Å². The van der Waals surface area contributed by atoms with Gasteiger partial charge in [-0.25, -0.2) is 9.63 Å². The van der Waals surface area contributed by atoms with Crippen LogP contribution >= 0.6 is 0 Å². The molecule has 0 aliphatic rings. The molecule has 84 valence electrons. The van der Waals surface area contributed by atoms with Gasteiger partial charge in [0.2, 0.25) is 0 Å². The highest BCUT2D eigenvalue weighted by Gasteiger charge is 2.07. The largest absolute Gasteiger partial charge is 0.513 e. The minimum atomic E-state index is -0.951.